The second kappa shape index (κ2) is 7.13. The Kier molecular flexibility index (Phi) is 5.57. The summed E-state index contributed by atoms with van der Waals surface area (Å²) in [6.07, 6.45) is -4.80. The smallest absolute Gasteiger partial charge is 0.418 e. The maximum Gasteiger partial charge on any atom is 0.418 e. The van der Waals surface area contributed by atoms with Crippen LogP contribution < -0.4 is 10.6 Å². The molecule has 0 saturated heterocycles. The average Bonchev–Trinajstić information content (AvgIpc) is 2.99. The molecule has 1 atom stereocenters. The molecule has 1 heterocycles. The van der Waals surface area contributed by atoms with Crippen LogP contribution in [0.5, 0.6) is 0 Å². The van der Waals surface area contributed by atoms with Crippen molar-refractivity contribution in [1.82, 2.24) is 5.32 Å². The van der Waals surface area contributed by atoms with E-state index in [0.717, 1.165) is 12.1 Å². The van der Waals surface area contributed by atoms with Crippen LogP contribution in [0.4, 0.5) is 18.9 Å². The second-order valence-corrected chi connectivity index (χ2v) is 6.98. The zero-order valence-corrected chi connectivity index (χ0v) is 14.0. The van der Waals surface area contributed by atoms with Crippen LogP contribution >= 0.6 is 34.8 Å². The highest BCUT2D eigenvalue weighted by Gasteiger charge is 2.38. The molecule has 130 valence electrons. The highest BCUT2D eigenvalue weighted by atomic mass is 35.6. The number of benzene rings is 1. The molecule has 2 N–H and O–H groups in total. The van der Waals surface area contributed by atoms with E-state index in [1.807, 2.05) is 0 Å². The van der Waals surface area contributed by atoms with E-state index in [1.165, 1.54) is 30.5 Å². The van der Waals surface area contributed by atoms with Gasteiger partial charge in [0.1, 0.15) is 6.17 Å². The summed E-state index contributed by atoms with van der Waals surface area (Å²) in [6, 6.07) is 7.44. The fraction of sp³-hybridized carbons (Fsp3) is 0.214. The standard InChI is InChI=1S/C14H10Cl3F3N2O2/c15-13(16,17)12(22-11(23)10-6-3-7-24-10)21-9-5-2-1-4-8(9)14(18,19)20/h1-7,12,21H,(H,22,23)/t12-/m0/s1. The van der Waals surface area contributed by atoms with Crippen molar-refractivity contribution in [3.05, 3.63) is 54.0 Å². The Labute approximate surface area is 149 Å². The van der Waals surface area contributed by atoms with Crippen LogP contribution in [0.3, 0.4) is 0 Å². The number of halogens is 6. The molecule has 0 bridgehead atoms. The van der Waals surface area contributed by atoms with Gasteiger partial charge in [0.25, 0.3) is 5.91 Å². The molecule has 4 nitrogen and oxygen atoms in total. The number of amides is 1. The lowest BCUT2D eigenvalue weighted by atomic mass is 10.1. The number of rotatable bonds is 4. The molecule has 0 fully saturated rings. The second-order valence-electron chi connectivity index (χ2n) is 4.61. The van der Waals surface area contributed by atoms with Crippen molar-refractivity contribution in [2.75, 3.05) is 5.32 Å². The summed E-state index contributed by atoms with van der Waals surface area (Å²) in [7, 11) is 0. The summed E-state index contributed by atoms with van der Waals surface area (Å²) in [6.45, 7) is 0. The normalized spacial score (nSPS) is 13.4. The number of hydrogen-bond acceptors (Lipinski definition) is 3. The van der Waals surface area contributed by atoms with Crippen molar-refractivity contribution in [3.63, 3.8) is 0 Å². The number of para-hydroxylation sites is 1. The number of carbonyl (C=O) groups excluding carboxylic acids is 1. The van der Waals surface area contributed by atoms with Gasteiger partial charge < -0.3 is 15.1 Å². The van der Waals surface area contributed by atoms with Gasteiger partial charge in [0.15, 0.2) is 5.76 Å². The van der Waals surface area contributed by atoms with Crippen molar-refractivity contribution in [2.24, 2.45) is 0 Å². The minimum Gasteiger partial charge on any atom is -0.459 e. The highest BCUT2D eigenvalue weighted by Crippen LogP contribution is 2.37. The molecule has 2 aromatic rings. The van der Waals surface area contributed by atoms with Crippen LogP contribution in [0.1, 0.15) is 16.1 Å². The van der Waals surface area contributed by atoms with Gasteiger partial charge in [-0.1, -0.05) is 46.9 Å². The summed E-state index contributed by atoms with van der Waals surface area (Å²) >= 11 is 17.3. The maximum absolute atomic E-state index is 13.0. The predicted molar refractivity (Wildman–Crippen MR) is 85.3 cm³/mol. The van der Waals surface area contributed by atoms with Gasteiger partial charge in [-0.05, 0) is 24.3 Å². The van der Waals surface area contributed by atoms with Crippen LogP contribution in [0, 0.1) is 0 Å². The van der Waals surface area contributed by atoms with Gasteiger partial charge in [0.2, 0.25) is 3.79 Å². The minimum atomic E-state index is -4.62. The molecule has 0 saturated carbocycles. The molecule has 0 spiro atoms. The Hall–Kier alpha value is -1.57. The molecule has 1 aromatic heterocycles. The topological polar surface area (TPSA) is 54.3 Å². The van der Waals surface area contributed by atoms with Crippen molar-refractivity contribution in [1.29, 1.82) is 0 Å². The first-order chi connectivity index (χ1) is 11.1. The zero-order valence-electron chi connectivity index (χ0n) is 11.7. The molecular formula is C14H10Cl3F3N2O2. The summed E-state index contributed by atoms with van der Waals surface area (Å²) in [5.41, 5.74) is -1.31. The fourth-order valence-corrected chi connectivity index (χ4v) is 2.15. The SMILES string of the molecule is O=C(N[C@H](Nc1ccccc1C(F)(F)F)C(Cl)(Cl)Cl)c1ccco1. The molecule has 0 radical (unpaired) electrons. The third-order valence-electron chi connectivity index (χ3n) is 2.88. The summed E-state index contributed by atoms with van der Waals surface area (Å²) in [5.74, 6) is -0.839. The highest BCUT2D eigenvalue weighted by molar-refractivity contribution is 6.68. The van der Waals surface area contributed by atoms with E-state index in [-0.39, 0.29) is 11.4 Å². The number of hydrogen-bond donors (Lipinski definition) is 2. The van der Waals surface area contributed by atoms with Gasteiger partial charge in [0, 0.05) is 5.69 Å². The Bertz CT molecular complexity index is 700. The Morgan fingerprint density at radius 2 is 1.75 bits per heavy atom. The van der Waals surface area contributed by atoms with E-state index in [9.17, 15) is 18.0 Å². The van der Waals surface area contributed by atoms with E-state index in [1.54, 1.807) is 0 Å². The first-order valence-corrected chi connectivity index (χ1v) is 7.56. The van der Waals surface area contributed by atoms with Crippen LogP contribution in [0.15, 0.2) is 47.1 Å². The largest absolute Gasteiger partial charge is 0.459 e. The molecule has 0 unspecified atom stereocenters. The van der Waals surface area contributed by atoms with E-state index in [2.05, 4.69) is 10.6 Å². The van der Waals surface area contributed by atoms with Crippen LogP contribution in [-0.4, -0.2) is 15.9 Å². The molecular weight excluding hydrogens is 392 g/mol. The van der Waals surface area contributed by atoms with Crippen LogP contribution in [0.25, 0.3) is 0 Å². The molecule has 0 aliphatic carbocycles. The van der Waals surface area contributed by atoms with Gasteiger partial charge in [0.05, 0.1) is 11.8 Å². The van der Waals surface area contributed by atoms with E-state index in [4.69, 9.17) is 39.2 Å². The molecule has 2 rings (SSSR count). The lowest BCUT2D eigenvalue weighted by Crippen LogP contribution is -2.49. The van der Waals surface area contributed by atoms with Crippen molar-refractivity contribution in [3.8, 4) is 0 Å². The third-order valence-corrected chi connectivity index (χ3v) is 3.53. The zero-order chi connectivity index (χ0) is 18.0. The number of carbonyl (C=O) groups is 1. The van der Waals surface area contributed by atoms with E-state index >= 15 is 0 Å². The van der Waals surface area contributed by atoms with Crippen LogP contribution in [-0.2, 0) is 6.18 Å². The Morgan fingerprint density at radius 3 is 2.29 bits per heavy atom. The van der Waals surface area contributed by atoms with Crippen molar-refractivity contribution < 1.29 is 22.4 Å². The summed E-state index contributed by atoms with van der Waals surface area (Å²) in [4.78, 5) is 12.0. The number of alkyl halides is 6. The number of furan rings is 1. The summed E-state index contributed by atoms with van der Waals surface area (Å²) < 4.78 is 41.9. The minimum absolute atomic E-state index is 0.0832. The fourth-order valence-electron chi connectivity index (χ4n) is 1.82. The van der Waals surface area contributed by atoms with Gasteiger partial charge in [-0.2, -0.15) is 13.2 Å². The van der Waals surface area contributed by atoms with Crippen molar-refractivity contribution >= 4 is 46.4 Å². The van der Waals surface area contributed by atoms with Gasteiger partial charge in [-0.15, -0.1) is 0 Å². The maximum atomic E-state index is 13.0. The molecule has 10 heteroatoms. The molecule has 0 aliphatic heterocycles. The molecule has 1 amide bonds. The molecule has 0 aliphatic rings. The number of nitrogens with one attached hydrogen (secondary N) is 2. The Morgan fingerprint density at radius 1 is 1.08 bits per heavy atom. The van der Waals surface area contributed by atoms with Crippen molar-refractivity contribution in [2.45, 2.75) is 16.1 Å². The lowest BCUT2D eigenvalue weighted by Gasteiger charge is -2.28. The summed E-state index contributed by atoms with van der Waals surface area (Å²) in [5, 5.41) is 4.68. The third kappa shape index (κ3) is 4.72. The first kappa shape index (κ1) is 18.8. The van der Waals surface area contributed by atoms with E-state index in [0.29, 0.717) is 0 Å². The Balaban J connectivity index is 2.27. The lowest BCUT2D eigenvalue weighted by molar-refractivity contribution is -0.137. The van der Waals surface area contributed by atoms with E-state index < -0.39 is 27.6 Å². The average molecular weight is 402 g/mol. The van der Waals surface area contributed by atoms with Gasteiger partial charge in [-0.3, -0.25) is 4.79 Å². The molecule has 1 aromatic carbocycles. The predicted octanol–water partition coefficient (Wildman–Crippen LogP) is 4.84. The van der Waals surface area contributed by atoms with Crippen LogP contribution in [0.2, 0.25) is 0 Å². The monoisotopic (exact) mass is 400 g/mol. The molecule has 24 heavy (non-hydrogen) atoms. The van der Waals surface area contributed by atoms with Gasteiger partial charge in [-0.25, -0.2) is 0 Å². The van der Waals surface area contributed by atoms with Gasteiger partial charge >= 0.3 is 6.18 Å². The first-order valence-electron chi connectivity index (χ1n) is 6.43. The number of anilines is 1. The quantitative estimate of drug-likeness (QED) is 0.569.